The smallest absolute Gasteiger partial charge is 0.270 e. The highest BCUT2D eigenvalue weighted by Crippen LogP contribution is 2.28. The first-order chi connectivity index (χ1) is 14.4. The number of ether oxygens (including phenoxy) is 2. The Labute approximate surface area is 179 Å². The molecule has 3 aromatic rings. The van der Waals surface area contributed by atoms with E-state index in [-0.39, 0.29) is 5.56 Å². The van der Waals surface area contributed by atoms with Crippen LogP contribution >= 0.6 is 11.8 Å². The zero-order chi connectivity index (χ0) is 21.7. The van der Waals surface area contributed by atoms with Crippen molar-refractivity contribution in [3.8, 4) is 28.8 Å². The van der Waals surface area contributed by atoms with E-state index in [2.05, 4.69) is 23.8 Å². The Morgan fingerprint density at radius 3 is 2.27 bits per heavy atom. The highest BCUT2D eigenvalue weighted by Gasteiger charge is 2.14. The number of aromatic nitrogens is 2. The number of methoxy groups -OCH3 is 2. The summed E-state index contributed by atoms with van der Waals surface area (Å²) in [5.41, 5.74) is 2.85. The van der Waals surface area contributed by atoms with Gasteiger partial charge in [0, 0.05) is 17.4 Å². The van der Waals surface area contributed by atoms with E-state index >= 15 is 0 Å². The van der Waals surface area contributed by atoms with Gasteiger partial charge in [-0.1, -0.05) is 49.9 Å². The Morgan fingerprint density at radius 1 is 1.10 bits per heavy atom. The molecule has 0 fully saturated rings. The van der Waals surface area contributed by atoms with Gasteiger partial charge in [-0.25, -0.2) is 4.98 Å². The summed E-state index contributed by atoms with van der Waals surface area (Å²) in [6.07, 6.45) is 0. The Kier molecular flexibility index (Phi) is 6.80. The molecule has 7 heteroatoms. The molecule has 1 N–H and O–H groups in total. The van der Waals surface area contributed by atoms with Crippen molar-refractivity contribution in [1.82, 2.24) is 9.97 Å². The minimum Gasteiger partial charge on any atom is -0.497 e. The number of hydrogen-bond acceptors (Lipinski definition) is 6. The van der Waals surface area contributed by atoms with Gasteiger partial charge in [-0.2, -0.15) is 5.26 Å². The fourth-order valence-electron chi connectivity index (χ4n) is 2.96. The highest BCUT2D eigenvalue weighted by atomic mass is 32.2. The van der Waals surface area contributed by atoms with Gasteiger partial charge in [-0.15, -0.1) is 0 Å². The summed E-state index contributed by atoms with van der Waals surface area (Å²) in [7, 11) is 3.20. The van der Waals surface area contributed by atoms with Crippen LogP contribution in [0.3, 0.4) is 0 Å². The summed E-state index contributed by atoms with van der Waals surface area (Å²) in [4.78, 5) is 19.8. The number of thioether (sulfide) groups is 1. The van der Waals surface area contributed by atoms with Crippen LogP contribution in [0.1, 0.15) is 36.5 Å². The van der Waals surface area contributed by atoms with E-state index in [1.165, 1.54) is 17.3 Å². The predicted octanol–water partition coefficient (Wildman–Crippen LogP) is 4.74. The lowest BCUT2D eigenvalue weighted by Gasteiger charge is -2.10. The third-order valence-corrected chi connectivity index (χ3v) is 5.59. The molecule has 0 aliphatic carbocycles. The summed E-state index contributed by atoms with van der Waals surface area (Å²) >= 11 is 1.37. The molecule has 0 spiro atoms. The molecular weight excluding hydrogens is 398 g/mol. The lowest BCUT2D eigenvalue weighted by atomic mass is 10.00. The molecule has 0 aliphatic heterocycles. The zero-order valence-corrected chi connectivity index (χ0v) is 18.2. The number of nitrogens with one attached hydrogen (secondary N) is 1. The number of nitriles is 1. The third kappa shape index (κ3) is 4.84. The van der Waals surface area contributed by atoms with Gasteiger partial charge >= 0.3 is 0 Å². The van der Waals surface area contributed by atoms with Crippen LogP contribution in [0.25, 0.3) is 11.3 Å². The molecule has 6 nitrogen and oxygen atoms in total. The van der Waals surface area contributed by atoms with Crippen molar-refractivity contribution in [3.05, 3.63) is 69.5 Å². The fraction of sp³-hybridized carbons (Fsp3) is 0.261. The topological polar surface area (TPSA) is 88.0 Å². The zero-order valence-electron chi connectivity index (χ0n) is 17.4. The number of nitrogens with zero attached hydrogens (tertiary/aromatic N) is 2. The minimum atomic E-state index is -0.443. The van der Waals surface area contributed by atoms with E-state index < -0.39 is 5.56 Å². The van der Waals surface area contributed by atoms with Crippen LogP contribution in [-0.2, 0) is 5.75 Å². The average molecular weight is 422 g/mol. The molecule has 0 unspecified atom stereocenters. The van der Waals surface area contributed by atoms with E-state index in [1.54, 1.807) is 20.3 Å². The molecule has 154 valence electrons. The van der Waals surface area contributed by atoms with E-state index in [0.29, 0.717) is 34.0 Å². The average Bonchev–Trinajstić information content (AvgIpc) is 2.77. The van der Waals surface area contributed by atoms with Gasteiger partial charge in [0.05, 0.1) is 19.9 Å². The van der Waals surface area contributed by atoms with Crippen molar-refractivity contribution in [2.45, 2.75) is 30.7 Å². The van der Waals surface area contributed by atoms with Crippen LogP contribution in [0.4, 0.5) is 0 Å². The van der Waals surface area contributed by atoms with Crippen LogP contribution in [-0.4, -0.2) is 24.2 Å². The maximum Gasteiger partial charge on any atom is 0.270 e. The van der Waals surface area contributed by atoms with E-state index in [4.69, 9.17) is 9.47 Å². The van der Waals surface area contributed by atoms with Crippen molar-refractivity contribution < 1.29 is 9.47 Å². The first kappa shape index (κ1) is 21.5. The van der Waals surface area contributed by atoms with Gasteiger partial charge in [0.2, 0.25) is 0 Å². The second-order valence-corrected chi connectivity index (χ2v) is 7.96. The molecule has 3 rings (SSSR count). The first-order valence-corrected chi connectivity index (χ1v) is 10.4. The van der Waals surface area contributed by atoms with Gasteiger partial charge in [0.25, 0.3) is 5.56 Å². The minimum absolute atomic E-state index is 0.0136. The summed E-state index contributed by atoms with van der Waals surface area (Å²) in [5.74, 6) is 2.33. The van der Waals surface area contributed by atoms with Crippen LogP contribution < -0.4 is 15.0 Å². The van der Waals surface area contributed by atoms with Crippen molar-refractivity contribution in [3.63, 3.8) is 0 Å². The van der Waals surface area contributed by atoms with Crippen molar-refractivity contribution in [2.24, 2.45) is 0 Å². The summed E-state index contributed by atoms with van der Waals surface area (Å²) in [6, 6.07) is 15.4. The number of rotatable bonds is 7. The maximum absolute atomic E-state index is 12.5. The predicted molar refractivity (Wildman–Crippen MR) is 118 cm³/mol. The van der Waals surface area contributed by atoms with E-state index in [9.17, 15) is 10.1 Å². The lowest BCUT2D eigenvalue weighted by Crippen LogP contribution is -2.14. The molecule has 0 saturated heterocycles. The lowest BCUT2D eigenvalue weighted by molar-refractivity contribution is 0.393. The van der Waals surface area contributed by atoms with Gasteiger partial charge in [0.1, 0.15) is 23.1 Å². The molecule has 1 aromatic heterocycles. The molecule has 1 heterocycles. The molecule has 0 atom stereocenters. The van der Waals surface area contributed by atoms with Gasteiger partial charge in [-0.3, -0.25) is 4.79 Å². The SMILES string of the molecule is COc1cc(CSc2nc(-c3ccc(C(C)C)cc3)c(C#N)c(=O)[nH]2)cc(OC)c1. The van der Waals surface area contributed by atoms with E-state index in [1.807, 2.05) is 42.5 Å². The van der Waals surface area contributed by atoms with Gasteiger partial charge in [0.15, 0.2) is 5.16 Å². The molecule has 0 saturated carbocycles. The second kappa shape index (κ2) is 9.51. The Hall–Kier alpha value is -3.24. The van der Waals surface area contributed by atoms with Crippen molar-refractivity contribution in [1.29, 1.82) is 5.26 Å². The summed E-state index contributed by atoms with van der Waals surface area (Å²) in [5, 5.41) is 9.92. The molecule has 0 radical (unpaired) electrons. The van der Waals surface area contributed by atoms with Gasteiger partial charge < -0.3 is 14.5 Å². The van der Waals surface area contributed by atoms with Crippen molar-refractivity contribution >= 4 is 11.8 Å². The van der Waals surface area contributed by atoms with Crippen LogP contribution in [0.15, 0.2) is 52.4 Å². The van der Waals surface area contributed by atoms with Crippen LogP contribution in [0.2, 0.25) is 0 Å². The van der Waals surface area contributed by atoms with Gasteiger partial charge in [-0.05, 0) is 29.2 Å². The highest BCUT2D eigenvalue weighted by molar-refractivity contribution is 7.98. The monoisotopic (exact) mass is 421 g/mol. The molecule has 0 bridgehead atoms. The van der Waals surface area contributed by atoms with E-state index in [0.717, 1.165) is 11.1 Å². The second-order valence-electron chi connectivity index (χ2n) is 6.99. The standard InChI is InChI=1S/C23H23N3O3S/c1-14(2)16-5-7-17(8-6-16)21-20(12-24)22(27)26-23(25-21)30-13-15-9-18(28-3)11-19(10-15)29-4/h5-11,14H,13H2,1-4H3,(H,25,26,27). The Balaban J connectivity index is 1.92. The third-order valence-electron chi connectivity index (χ3n) is 4.65. The Morgan fingerprint density at radius 2 is 1.73 bits per heavy atom. The fourth-order valence-corrected chi connectivity index (χ4v) is 3.75. The Bertz CT molecular complexity index is 1110. The van der Waals surface area contributed by atoms with Crippen LogP contribution in [0.5, 0.6) is 11.5 Å². The quantitative estimate of drug-likeness (QED) is 0.438. The molecule has 2 aromatic carbocycles. The first-order valence-electron chi connectivity index (χ1n) is 9.44. The normalized spacial score (nSPS) is 10.7. The number of hydrogen-bond donors (Lipinski definition) is 1. The molecular formula is C23H23N3O3S. The maximum atomic E-state index is 12.5. The largest absolute Gasteiger partial charge is 0.497 e. The van der Waals surface area contributed by atoms with Crippen molar-refractivity contribution in [2.75, 3.05) is 14.2 Å². The number of aromatic amines is 1. The molecule has 0 aliphatic rings. The number of H-pyrrole nitrogens is 1. The molecule has 30 heavy (non-hydrogen) atoms. The molecule has 0 amide bonds. The summed E-state index contributed by atoms with van der Waals surface area (Å²) in [6.45, 7) is 4.23. The summed E-state index contributed by atoms with van der Waals surface area (Å²) < 4.78 is 10.6. The van der Waals surface area contributed by atoms with Crippen LogP contribution in [0, 0.1) is 11.3 Å². The number of benzene rings is 2.